The van der Waals surface area contributed by atoms with Crippen molar-refractivity contribution in [3.63, 3.8) is 0 Å². The molecule has 2 rings (SSSR count). The Hall–Kier alpha value is -2.40. The molecular formula is C16H14ClFN2O2. The van der Waals surface area contributed by atoms with Gasteiger partial charge in [0.25, 0.3) is 5.91 Å². The summed E-state index contributed by atoms with van der Waals surface area (Å²) in [6.45, 7) is -0.195. The molecule has 0 heterocycles. The molecule has 6 heteroatoms. The molecular weight excluding hydrogens is 307 g/mol. The summed E-state index contributed by atoms with van der Waals surface area (Å²) < 4.78 is 13.6. The van der Waals surface area contributed by atoms with E-state index in [0.29, 0.717) is 10.7 Å². The van der Waals surface area contributed by atoms with Gasteiger partial charge in [-0.05, 0) is 30.3 Å². The Morgan fingerprint density at radius 3 is 2.59 bits per heavy atom. The molecule has 1 N–H and O–H groups in total. The van der Waals surface area contributed by atoms with Gasteiger partial charge >= 0.3 is 0 Å². The van der Waals surface area contributed by atoms with E-state index in [0.717, 1.165) is 4.90 Å². The maximum Gasteiger partial charge on any atom is 0.257 e. The van der Waals surface area contributed by atoms with Gasteiger partial charge < -0.3 is 10.2 Å². The van der Waals surface area contributed by atoms with Crippen LogP contribution >= 0.6 is 11.6 Å². The zero-order valence-electron chi connectivity index (χ0n) is 11.8. The van der Waals surface area contributed by atoms with Crippen molar-refractivity contribution in [2.45, 2.75) is 0 Å². The van der Waals surface area contributed by atoms with Crippen LogP contribution in [0.25, 0.3) is 0 Å². The first-order valence-corrected chi connectivity index (χ1v) is 6.90. The van der Waals surface area contributed by atoms with Crippen LogP contribution in [0.4, 0.5) is 10.1 Å². The fourth-order valence-corrected chi connectivity index (χ4v) is 2.08. The van der Waals surface area contributed by atoms with E-state index in [4.69, 9.17) is 11.6 Å². The number of nitrogens with zero attached hydrogens (tertiary/aromatic N) is 1. The first kappa shape index (κ1) is 16.0. The third-order valence-corrected chi connectivity index (χ3v) is 3.18. The Kier molecular flexibility index (Phi) is 5.12. The highest BCUT2D eigenvalue weighted by Gasteiger charge is 2.18. The zero-order chi connectivity index (χ0) is 16.1. The van der Waals surface area contributed by atoms with Crippen LogP contribution in [-0.2, 0) is 4.79 Å². The molecule has 2 amide bonds. The highest BCUT2D eigenvalue weighted by molar-refractivity contribution is 6.30. The lowest BCUT2D eigenvalue weighted by atomic mass is 10.2. The molecule has 2 aromatic rings. The molecule has 0 saturated carbocycles. The van der Waals surface area contributed by atoms with Crippen LogP contribution < -0.4 is 5.32 Å². The van der Waals surface area contributed by atoms with Crippen molar-refractivity contribution in [1.82, 2.24) is 4.90 Å². The smallest absolute Gasteiger partial charge is 0.257 e. The molecule has 0 radical (unpaired) electrons. The van der Waals surface area contributed by atoms with Crippen LogP contribution in [0, 0.1) is 5.82 Å². The minimum atomic E-state index is -0.616. The Balaban J connectivity index is 1.99. The Labute approximate surface area is 132 Å². The summed E-state index contributed by atoms with van der Waals surface area (Å²) in [4.78, 5) is 25.2. The SMILES string of the molecule is CN(CC(=O)Nc1cccc(Cl)c1)C(=O)c1ccccc1F. The van der Waals surface area contributed by atoms with Crippen molar-refractivity contribution in [1.29, 1.82) is 0 Å². The lowest BCUT2D eigenvalue weighted by molar-refractivity contribution is -0.116. The quantitative estimate of drug-likeness (QED) is 0.940. The van der Waals surface area contributed by atoms with E-state index in [1.807, 2.05) is 0 Å². The van der Waals surface area contributed by atoms with Crippen LogP contribution in [0.2, 0.25) is 5.02 Å². The standard InChI is InChI=1S/C16H14ClFN2O2/c1-20(16(22)13-7-2-3-8-14(13)18)10-15(21)19-12-6-4-5-11(17)9-12/h2-9H,10H2,1H3,(H,19,21). The Morgan fingerprint density at radius 2 is 1.91 bits per heavy atom. The average Bonchev–Trinajstić information content (AvgIpc) is 2.46. The predicted octanol–water partition coefficient (Wildman–Crippen LogP) is 3.19. The number of carbonyl (C=O) groups is 2. The fourth-order valence-electron chi connectivity index (χ4n) is 1.89. The summed E-state index contributed by atoms with van der Waals surface area (Å²) in [5.41, 5.74) is 0.463. The number of rotatable bonds is 4. The number of anilines is 1. The molecule has 0 aliphatic heterocycles. The molecule has 0 spiro atoms. The van der Waals surface area contributed by atoms with Gasteiger partial charge in [-0.2, -0.15) is 0 Å². The molecule has 22 heavy (non-hydrogen) atoms. The molecule has 4 nitrogen and oxygen atoms in total. The number of carbonyl (C=O) groups excluding carboxylic acids is 2. The van der Waals surface area contributed by atoms with Crippen molar-refractivity contribution in [2.24, 2.45) is 0 Å². The van der Waals surface area contributed by atoms with Crippen molar-refractivity contribution >= 4 is 29.1 Å². The first-order valence-electron chi connectivity index (χ1n) is 6.53. The summed E-state index contributed by atoms with van der Waals surface area (Å²) in [7, 11) is 1.44. The molecule has 0 unspecified atom stereocenters. The summed E-state index contributed by atoms with van der Waals surface area (Å²) >= 11 is 5.82. The molecule has 0 atom stereocenters. The predicted molar refractivity (Wildman–Crippen MR) is 83.4 cm³/mol. The summed E-state index contributed by atoms with van der Waals surface area (Å²) in [5, 5.41) is 3.12. The number of amides is 2. The van der Waals surface area contributed by atoms with Crippen LogP contribution in [0.5, 0.6) is 0 Å². The topological polar surface area (TPSA) is 49.4 Å². The van der Waals surface area contributed by atoms with E-state index in [9.17, 15) is 14.0 Å². The summed E-state index contributed by atoms with van der Waals surface area (Å²) in [5.74, 6) is -1.57. The highest BCUT2D eigenvalue weighted by atomic mass is 35.5. The van der Waals surface area contributed by atoms with Crippen LogP contribution in [0.15, 0.2) is 48.5 Å². The molecule has 2 aromatic carbocycles. The highest BCUT2D eigenvalue weighted by Crippen LogP contribution is 2.15. The average molecular weight is 321 g/mol. The normalized spacial score (nSPS) is 10.1. The van der Waals surface area contributed by atoms with Gasteiger partial charge in [0.2, 0.25) is 5.91 Å². The molecule has 0 aliphatic rings. The van der Waals surface area contributed by atoms with Gasteiger partial charge in [-0.25, -0.2) is 4.39 Å². The monoisotopic (exact) mass is 320 g/mol. The molecule has 0 fully saturated rings. The number of nitrogens with one attached hydrogen (secondary N) is 1. The van der Waals surface area contributed by atoms with Gasteiger partial charge in [0.05, 0.1) is 12.1 Å². The molecule has 0 saturated heterocycles. The van der Waals surface area contributed by atoms with Gasteiger partial charge in [0.1, 0.15) is 5.82 Å². The van der Waals surface area contributed by atoms with E-state index >= 15 is 0 Å². The lowest BCUT2D eigenvalue weighted by Gasteiger charge is -2.17. The van der Waals surface area contributed by atoms with Gasteiger partial charge in [-0.15, -0.1) is 0 Å². The minimum Gasteiger partial charge on any atom is -0.332 e. The van der Waals surface area contributed by atoms with Crippen LogP contribution in [-0.4, -0.2) is 30.3 Å². The number of halogens is 2. The largest absolute Gasteiger partial charge is 0.332 e. The molecule has 0 aliphatic carbocycles. The van der Waals surface area contributed by atoms with Crippen LogP contribution in [0.3, 0.4) is 0 Å². The van der Waals surface area contributed by atoms with E-state index < -0.39 is 17.6 Å². The number of likely N-dealkylation sites (N-methyl/N-ethyl adjacent to an activating group) is 1. The van der Waals surface area contributed by atoms with Crippen molar-refractivity contribution in [3.8, 4) is 0 Å². The van der Waals surface area contributed by atoms with Crippen LogP contribution in [0.1, 0.15) is 10.4 Å². The minimum absolute atomic E-state index is 0.0689. The number of benzene rings is 2. The van der Waals surface area contributed by atoms with E-state index in [1.54, 1.807) is 30.3 Å². The van der Waals surface area contributed by atoms with E-state index in [-0.39, 0.29) is 12.1 Å². The van der Waals surface area contributed by atoms with Gasteiger partial charge in [-0.3, -0.25) is 9.59 Å². The molecule has 0 aromatic heterocycles. The first-order chi connectivity index (χ1) is 10.5. The van der Waals surface area contributed by atoms with Gasteiger partial charge in [0, 0.05) is 17.8 Å². The van der Waals surface area contributed by atoms with Gasteiger partial charge in [-0.1, -0.05) is 29.8 Å². The second-order valence-corrected chi connectivity index (χ2v) is 5.14. The zero-order valence-corrected chi connectivity index (χ0v) is 12.6. The maximum atomic E-state index is 13.6. The van der Waals surface area contributed by atoms with E-state index in [1.165, 1.54) is 25.2 Å². The maximum absolute atomic E-state index is 13.6. The third-order valence-electron chi connectivity index (χ3n) is 2.94. The molecule has 0 bridgehead atoms. The van der Waals surface area contributed by atoms with Crippen molar-refractivity contribution in [3.05, 3.63) is 64.9 Å². The second-order valence-electron chi connectivity index (χ2n) is 4.70. The van der Waals surface area contributed by atoms with Crippen molar-refractivity contribution < 1.29 is 14.0 Å². The Bertz CT molecular complexity index is 706. The summed E-state index contributed by atoms with van der Waals surface area (Å²) in [6, 6.07) is 12.3. The van der Waals surface area contributed by atoms with E-state index in [2.05, 4.69) is 5.32 Å². The fraction of sp³-hybridized carbons (Fsp3) is 0.125. The second kappa shape index (κ2) is 7.04. The summed E-state index contributed by atoms with van der Waals surface area (Å²) in [6.07, 6.45) is 0. The number of hydrogen-bond acceptors (Lipinski definition) is 2. The number of hydrogen-bond donors (Lipinski definition) is 1. The van der Waals surface area contributed by atoms with Crippen molar-refractivity contribution in [2.75, 3.05) is 18.9 Å². The lowest BCUT2D eigenvalue weighted by Crippen LogP contribution is -2.35. The Morgan fingerprint density at radius 1 is 1.18 bits per heavy atom. The third kappa shape index (κ3) is 4.05. The van der Waals surface area contributed by atoms with Gasteiger partial charge in [0.15, 0.2) is 0 Å². The molecule has 114 valence electrons.